The van der Waals surface area contributed by atoms with Crippen LogP contribution in [0, 0.1) is 19.7 Å². The van der Waals surface area contributed by atoms with Gasteiger partial charge in [0.25, 0.3) is 0 Å². The second-order valence-corrected chi connectivity index (χ2v) is 8.16. The van der Waals surface area contributed by atoms with E-state index in [0.717, 1.165) is 4.57 Å². The van der Waals surface area contributed by atoms with Gasteiger partial charge in [-0.25, -0.2) is 18.9 Å². The minimum atomic E-state index is -0.403. The molecule has 2 heterocycles. The van der Waals surface area contributed by atoms with Crippen molar-refractivity contribution >= 4 is 17.9 Å². The molecule has 190 valence electrons. The van der Waals surface area contributed by atoms with Gasteiger partial charge < -0.3 is 10.2 Å². The van der Waals surface area contributed by atoms with Crippen LogP contribution in [0.4, 0.5) is 10.3 Å². The van der Waals surface area contributed by atoms with Crippen molar-refractivity contribution in [3.8, 4) is 11.3 Å². The van der Waals surface area contributed by atoms with E-state index in [1.807, 2.05) is 19.9 Å². The molecule has 1 aromatic carbocycles. The summed E-state index contributed by atoms with van der Waals surface area (Å²) < 4.78 is 20.4. The Morgan fingerprint density at radius 1 is 1.31 bits per heavy atom. The van der Waals surface area contributed by atoms with Crippen LogP contribution in [0.1, 0.15) is 43.2 Å². The Balaban J connectivity index is 2.37. The second kappa shape index (κ2) is 11.5. The van der Waals surface area contributed by atoms with Crippen molar-refractivity contribution in [2.24, 2.45) is 5.10 Å². The van der Waals surface area contributed by atoms with Gasteiger partial charge in [-0.2, -0.15) is 5.10 Å². The average molecular weight is 496 g/mol. The number of nitrogen functional groups attached to an aromatic ring is 1. The monoisotopic (exact) mass is 495 g/mol. The Bertz CT molecular complexity index is 1370. The van der Waals surface area contributed by atoms with Crippen molar-refractivity contribution in [2.75, 3.05) is 12.8 Å². The van der Waals surface area contributed by atoms with Crippen LogP contribution in [0.15, 0.2) is 51.6 Å². The summed E-state index contributed by atoms with van der Waals surface area (Å²) in [5.74, 6) is 0.708. The number of aromatic nitrogens is 3. The van der Waals surface area contributed by atoms with Crippen molar-refractivity contribution in [3.05, 3.63) is 76.3 Å². The number of carbonyl (C=O) groups excluding carboxylic acids is 1. The molecule has 3 rings (SSSR count). The Kier molecular flexibility index (Phi) is 8.38. The maximum Gasteiger partial charge on any atom is 0.222 e. The molecular formula is C25H30FN7O3. The highest BCUT2D eigenvalue weighted by molar-refractivity contribution is 5.84. The van der Waals surface area contributed by atoms with Crippen molar-refractivity contribution in [1.29, 1.82) is 0 Å². The molecule has 0 bridgehead atoms. The summed E-state index contributed by atoms with van der Waals surface area (Å²) in [5.41, 5.74) is 11.7. The van der Waals surface area contributed by atoms with Crippen LogP contribution < -0.4 is 16.7 Å². The number of benzene rings is 1. The quantitative estimate of drug-likeness (QED) is 0.233. The van der Waals surface area contributed by atoms with E-state index in [4.69, 9.17) is 15.3 Å². The van der Waals surface area contributed by atoms with Crippen LogP contribution >= 0.6 is 0 Å². The molecule has 0 radical (unpaired) electrons. The molecule has 2 aromatic heterocycles. The lowest BCUT2D eigenvalue weighted by atomic mass is 9.98. The van der Waals surface area contributed by atoms with E-state index in [9.17, 15) is 14.4 Å². The number of halogens is 1. The fourth-order valence-electron chi connectivity index (χ4n) is 3.69. The van der Waals surface area contributed by atoms with Crippen LogP contribution in [0.5, 0.6) is 0 Å². The number of nitrogens with one attached hydrogen (secondary N) is 1. The number of rotatable bonds is 9. The topological polar surface area (TPSA) is 135 Å². The summed E-state index contributed by atoms with van der Waals surface area (Å²) in [5, 5.41) is 15.8. The lowest BCUT2D eigenvalue weighted by Crippen LogP contribution is -2.32. The van der Waals surface area contributed by atoms with E-state index in [-0.39, 0.29) is 11.4 Å². The molecule has 4 N–H and O–H groups in total. The largest absolute Gasteiger partial charge is 0.446 e. The van der Waals surface area contributed by atoms with Crippen molar-refractivity contribution < 1.29 is 18.8 Å². The molecule has 0 saturated carbocycles. The fraction of sp³-hybridized carbons (Fsp3) is 0.280. The molecule has 0 fully saturated rings. The zero-order valence-corrected chi connectivity index (χ0v) is 20.9. The first-order valence-electron chi connectivity index (χ1n) is 11.3. The normalized spacial score (nSPS) is 12.7. The molecule has 0 amide bonds. The van der Waals surface area contributed by atoms with Gasteiger partial charge in [0.15, 0.2) is 11.4 Å². The molecule has 0 aliphatic carbocycles. The van der Waals surface area contributed by atoms with Gasteiger partial charge >= 0.3 is 0 Å². The minimum absolute atomic E-state index is 0.0921. The van der Waals surface area contributed by atoms with E-state index in [0.29, 0.717) is 64.8 Å². The number of hydrogen-bond donors (Lipinski definition) is 3. The minimum Gasteiger partial charge on any atom is -0.446 e. The van der Waals surface area contributed by atoms with E-state index in [2.05, 4.69) is 15.4 Å². The van der Waals surface area contributed by atoms with E-state index in [1.165, 1.54) is 12.1 Å². The lowest BCUT2D eigenvalue weighted by molar-refractivity contribution is 0.201. The van der Waals surface area contributed by atoms with E-state index in [1.54, 1.807) is 44.1 Å². The number of allylic oxidation sites excluding steroid dienone is 4. The highest BCUT2D eigenvalue weighted by atomic mass is 19.1. The van der Waals surface area contributed by atoms with Gasteiger partial charge in [0.1, 0.15) is 17.3 Å². The molecule has 3 aromatic rings. The summed E-state index contributed by atoms with van der Waals surface area (Å²) >= 11 is 0. The van der Waals surface area contributed by atoms with Gasteiger partial charge in [0, 0.05) is 25.2 Å². The fourth-order valence-corrected chi connectivity index (χ4v) is 3.69. The van der Waals surface area contributed by atoms with Crippen LogP contribution in [-0.4, -0.2) is 38.2 Å². The van der Waals surface area contributed by atoms with E-state index < -0.39 is 5.82 Å². The summed E-state index contributed by atoms with van der Waals surface area (Å²) in [7, 11) is 1.73. The molecule has 0 atom stereocenters. The van der Waals surface area contributed by atoms with Gasteiger partial charge in [-0.1, -0.05) is 13.0 Å². The van der Waals surface area contributed by atoms with Crippen molar-refractivity contribution in [2.45, 2.75) is 40.7 Å². The zero-order chi connectivity index (χ0) is 26.4. The maximum atomic E-state index is 13.7. The first-order valence-corrected chi connectivity index (χ1v) is 11.3. The number of nitrogens with zero attached hydrogens (tertiary/aromatic N) is 5. The number of aryl methyl sites for hydroxylation is 2. The Morgan fingerprint density at radius 2 is 2.00 bits per heavy atom. The van der Waals surface area contributed by atoms with E-state index >= 15 is 0 Å². The predicted molar refractivity (Wildman–Crippen MR) is 134 cm³/mol. The van der Waals surface area contributed by atoms with Crippen molar-refractivity contribution in [1.82, 2.24) is 25.0 Å². The third-order valence-electron chi connectivity index (χ3n) is 5.29. The highest BCUT2D eigenvalue weighted by Crippen LogP contribution is 2.28. The SMILES string of the molecule is CC/C=C(\C=C(\C)NO)c1c(-c2ccc(F)cc2)nc(N)n(C=O)/c1=N\N(C)Cc1nc(C)oc1C. The van der Waals surface area contributed by atoms with Crippen molar-refractivity contribution in [3.63, 3.8) is 0 Å². The third kappa shape index (κ3) is 5.87. The molecule has 0 saturated heterocycles. The molecule has 0 spiro atoms. The predicted octanol–water partition coefficient (Wildman–Crippen LogP) is 3.54. The molecule has 0 aliphatic heterocycles. The second-order valence-electron chi connectivity index (χ2n) is 8.16. The smallest absolute Gasteiger partial charge is 0.222 e. The van der Waals surface area contributed by atoms with Gasteiger partial charge in [0.2, 0.25) is 12.4 Å². The lowest BCUT2D eigenvalue weighted by Gasteiger charge is -2.18. The Morgan fingerprint density at radius 3 is 2.56 bits per heavy atom. The zero-order valence-electron chi connectivity index (χ0n) is 20.9. The highest BCUT2D eigenvalue weighted by Gasteiger charge is 2.19. The Hall–Kier alpha value is -4.25. The molecule has 0 unspecified atom stereocenters. The molecule has 36 heavy (non-hydrogen) atoms. The van der Waals surface area contributed by atoms with Crippen LogP contribution in [-0.2, 0) is 11.3 Å². The van der Waals surface area contributed by atoms with Gasteiger partial charge in [-0.3, -0.25) is 20.5 Å². The third-order valence-corrected chi connectivity index (χ3v) is 5.29. The first-order chi connectivity index (χ1) is 17.2. The van der Waals surface area contributed by atoms with Gasteiger partial charge in [-0.05, 0) is 56.2 Å². The molecular weight excluding hydrogens is 465 g/mol. The molecule has 0 aliphatic rings. The maximum absolute atomic E-state index is 13.7. The summed E-state index contributed by atoms with van der Waals surface area (Å²) in [6, 6.07) is 5.78. The number of anilines is 1. The molecule has 10 nitrogen and oxygen atoms in total. The number of nitrogens with two attached hydrogens (primary N) is 1. The van der Waals surface area contributed by atoms with Crippen LogP contribution in [0.3, 0.4) is 0 Å². The van der Waals surface area contributed by atoms with Gasteiger partial charge in [-0.15, -0.1) is 0 Å². The Labute approximate surface area is 208 Å². The summed E-state index contributed by atoms with van der Waals surface area (Å²) in [6.07, 6.45) is 4.76. The number of oxazole rings is 1. The number of carbonyl (C=O) groups is 1. The molecule has 11 heteroatoms. The summed E-state index contributed by atoms with van der Waals surface area (Å²) in [4.78, 5) is 21.0. The number of hydrogen-bond acceptors (Lipinski definition) is 9. The van der Waals surface area contributed by atoms with Gasteiger partial charge in [0.05, 0.1) is 17.8 Å². The average Bonchev–Trinajstić information content (AvgIpc) is 3.15. The van der Waals surface area contributed by atoms with Crippen LogP contribution in [0.2, 0.25) is 0 Å². The number of hydroxylamine groups is 1. The first kappa shape index (κ1) is 26.4. The summed E-state index contributed by atoms with van der Waals surface area (Å²) in [6.45, 7) is 7.50. The van der Waals surface area contributed by atoms with Crippen LogP contribution in [0.25, 0.3) is 16.8 Å². The standard InChI is InChI=1S/C25H30FN7O3/c1-6-7-19(12-15(2)31-35)22-23(18-8-10-20(26)11-9-18)29-25(27)33(14-34)24(22)30-32(5)13-21-16(3)36-17(4)28-21/h7-12,14,31,35H,6,13H2,1-5H3,(H2,27,29)/b15-12-,19-7+,30-24-.